The van der Waals surface area contributed by atoms with Crippen LogP contribution in [0, 0.1) is 6.92 Å². The van der Waals surface area contributed by atoms with E-state index in [1.54, 1.807) is 37.3 Å². The average Bonchev–Trinajstić information content (AvgIpc) is 2.54. The van der Waals surface area contributed by atoms with Gasteiger partial charge in [0, 0.05) is 0 Å². The molecule has 5 heteroatoms. The van der Waals surface area contributed by atoms with Gasteiger partial charge in [-0.3, -0.25) is 4.79 Å². The highest BCUT2D eigenvalue weighted by Crippen LogP contribution is 2.18. The molecule has 0 aliphatic rings. The number of nitrogens with one attached hydrogen (secondary N) is 1. The van der Waals surface area contributed by atoms with Gasteiger partial charge in [0.05, 0.1) is 18.4 Å². The van der Waals surface area contributed by atoms with Crippen molar-refractivity contribution in [2.45, 2.75) is 20.0 Å². The van der Waals surface area contributed by atoms with Gasteiger partial charge in [0.2, 0.25) is 0 Å². The van der Waals surface area contributed by atoms with E-state index in [1.165, 1.54) is 7.11 Å². The smallest absolute Gasteiger partial charge is 0.339 e. The van der Waals surface area contributed by atoms with Crippen LogP contribution in [0.1, 0.15) is 22.8 Å². The monoisotopic (exact) mass is 313 g/mol. The number of carbonyl (C=O) groups excluding carboxylic acids is 2. The minimum atomic E-state index is -0.706. The molecule has 0 bridgehead atoms. The Kier molecular flexibility index (Phi) is 5.36. The Bertz CT molecular complexity index is 712. The summed E-state index contributed by atoms with van der Waals surface area (Å²) in [6.45, 7) is 3.60. The fraction of sp³-hybridized carbons (Fsp3) is 0.222. The van der Waals surface area contributed by atoms with E-state index >= 15 is 0 Å². The quantitative estimate of drug-likeness (QED) is 0.861. The molecule has 0 fully saturated rings. The standard InChI is InChI=1S/C18H19NO4/c1-12-7-6-8-14(11-12)23-13(2)17(20)19-16-10-5-4-9-15(16)18(21)22-3/h4-11,13H,1-3H3,(H,19,20). The van der Waals surface area contributed by atoms with Crippen molar-refractivity contribution in [3.05, 3.63) is 59.7 Å². The average molecular weight is 313 g/mol. The number of rotatable bonds is 5. The SMILES string of the molecule is COC(=O)c1ccccc1NC(=O)C(C)Oc1cccc(C)c1. The predicted octanol–water partition coefficient (Wildman–Crippen LogP) is 3.19. The molecule has 0 heterocycles. The molecule has 0 saturated carbocycles. The van der Waals surface area contributed by atoms with Crippen molar-refractivity contribution in [1.82, 2.24) is 0 Å². The molecule has 2 aromatic rings. The zero-order valence-corrected chi connectivity index (χ0v) is 13.3. The lowest BCUT2D eigenvalue weighted by Crippen LogP contribution is -2.30. The largest absolute Gasteiger partial charge is 0.481 e. The number of ether oxygens (including phenoxy) is 2. The number of hydrogen-bond acceptors (Lipinski definition) is 4. The number of carbonyl (C=O) groups is 2. The van der Waals surface area contributed by atoms with E-state index in [0.717, 1.165) is 5.56 Å². The van der Waals surface area contributed by atoms with Crippen LogP contribution in [-0.2, 0) is 9.53 Å². The van der Waals surface area contributed by atoms with E-state index in [1.807, 2.05) is 25.1 Å². The molecule has 0 radical (unpaired) electrons. The molecule has 2 aromatic carbocycles. The highest BCUT2D eigenvalue weighted by atomic mass is 16.5. The van der Waals surface area contributed by atoms with Gasteiger partial charge in [-0.25, -0.2) is 4.79 Å². The Hall–Kier alpha value is -2.82. The zero-order valence-electron chi connectivity index (χ0n) is 13.3. The second kappa shape index (κ2) is 7.45. The van der Waals surface area contributed by atoms with Crippen LogP contribution in [0.4, 0.5) is 5.69 Å². The van der Waals surface area contributed by atoms with Gasteiger partial charge < -0.3 is 14.8 Å². The number of benzene rings is 2. The molecule has 0 aromatic heterocycles. The van der Waals surface area contributed by atoms with Crippen molar-refractivity contribution >= 4 is 17.6 Å². The van der Waals surface area contributed by atoms with Crippen LogP contribution in [0.2, 0.25) is 0 Å². The lowest BCUT2D eigenvalue weighted by molar-refractivity contribution is -0.122. The Labute approximate surface area is 135 Å². The molecule has 1 atom stereocenters. The molecule has 2 rings (SSSR count). The van der Waals surface area contributed by atoms with Gasteiger partial charge >= 0.3 is 5.97 Å². The van der Waals surface area contributed by atoms with E-state index in [2.05, 4.69) is 5.32 Å². The summed E-state index contributed by atoms with van der Waals surface area (Å²) >= 11 is 0. The van der Waals surface area contributed by atoms with Gasteiger partial charge in [0.15, 0.2) is 6.10 Å². The third kappa shape index (κ3) is 4.32. The fourth-order valence-corrected chi connectivity index (χ4v) is 2.06. The molecule has 1 unspecified atom stereocenters. The number of anilines is 1. The van der Waals surface area contributed by atoms with Gasteiger partial charge in [-0.1, -0.05) is 24.3 Å². The maximum Gasteiger partial charge on any atom is 0.339 e. The van der Waals surface area contributed by atoms with E-state index < -0.39 is 12.1 Å². The van der Waals surface area contributed by atoms with E-state index in [9.17, 15) is 9.59 Å². The summed E-state index contributed by atoms with van der Waals surface area (Å²) in [6.07, 6.45) is -0.706. The maximum atomic E-state index is 12.3. The summed E-state index contributed by atoms with van der Waals surface area (Å²) in [7, 11) is 1.30. The first-order valence-electron chi connectivity index (χ1n) is 7.23. The first kappa shape index (κ1) is 16.5. The van der Waals surface area contributed by atoms with Crippen LogP contribution in [0.25, 0.3) is 0 Å². The van der Waals surface area contributed by atoms with Crippen LogP contribution in [-0.4, -0.2) is 25.1 Å². The van der Waals surface area contributed by atoms with E-state index in [-0.39, 0.29) is 5.91 Å². The molecule has 1 N–H and O–H groups in total. The number of para-hydroxylation sites is 1. The first-order valence-corrected chi connectivity index (χ1v) is 7.23. The number of amides is 1. The predicted molar refractivity (Wildman–Crippen MR) is 87.7 cm³/mol. The van der Waals surface area contributed by atoms with Gasteiger partial charge in [0.1, 0.15) is 5.75 Å². The van der Waals surface area contributed by atoms with E-state index in [4.69, 9.17) is 9.47 Å². The van der Waals surface area contributed by atoms with Crippen LogP contribution in [0.5, 0.6) is 5.75 Å². The summed E-state index contributed by atoms with van der Waals surface area (Å²) in [5, 5.41) is 2.70. The van der Waals surface area contributed by atoms with Crippen molar-refractivity contribution in [1.29, 1.82) is 0 Å². The minimum Gasteiger partial charge on any atom is -0.481 e. The second-order valence-corrected chi connectivity index (χ2v) is 5.10. The molecule has 23 heavy (non-hydrogen) atoms. The lowest BCUT2D eigenvalue weighted by Gasteiger charge is -2.16. The van der Waals surface area contributed by atoms with Crippen LogP contribution >= 0.6 is 0 Å². The molecule has 0 aliphatic heterocycles. The third-order valence-electron chi connectivity index (χ3n) is 3.26. The first-order chi connectivity index (χ1) is 11.0. The Morgan fingerprint density at radius 1 is 1.09 bits per heavy atom. The number of hydrogen-bond donors (Lipinski definition) is 1. The lowest BCUT2D eigenvalue weighted by atomic mass is 10.1. The minimum absolute atomic E-state index is 0.297. The van der Waals surface area contributed by atoms with Crippen molar-refractivity contribution < 1.29 is 19.1 Å². The molecule has 1 amide bonds. The summed E-state index contributed by atoms with van der Waals surface area (Å²) in [6, 6.07) is 14.1. The fourth-order valence-electron chi connectivity index (χ4n) is 2.06. The number of aryl methyl sites for hydroxylation is 1. The topological polar surface area (TPSA) is 64.6 Å². The third-order valence-corrected chi connectivity index (χ3v) is 3.26. The Morgan fingerprint density at radius 3 is 2.52 bits per heavy atom. The second-order valence-electron chi connectivity index (χ2n) is 5.10. The van der Waals surface area contributed by atoms with Crippen LogP contribution in [0.15, 0.2) is 48.5 Å². The van der Waals surface area contributed by atoms with Gasteiger partial charge in [-0.2, -0.15) is 0 Å². The summed E-state index contributed by atoms with van der Waals surface area (Å²) in [5.41, 5.74) is 1.74. The van der Waals surface area contributed by atoms with E-state index in [0.29, 0.717) is 17.0 Å². The van der Waals surface area contributed by atoms with Crippen molar-refractivity contribution in [2.75, 3.05) is 12.4 Å². The molecule has 0 saturated heterocycles. The molecule has 120 valence electrons. The van der Waals surface area contributed by atoms with Crippen molar-refractivity contribution in [2.24, 2.45) is 0 Å². The van der Waals surface area contributed by atoms with Crippen LogP contribution < -0.4 is 10.1 Å². The zero-order chi connectivity index (χ0) is 16.8. The van der Waals surface area contributed by atoms with Gasteiger partial charge in [0.25, 0.3) is 5.91 Å². The normalized spacial score (nSPS) is 11.4. The molecular formula is C18H19NO4. The molecule has 0 spiro atoms. The molecule has 0 aliphatic carbocycles. The number of esters is 1. The summed E-state index contributed by atoms with van der Waals surface area (Å²) in [5.74, 6) is -0.232. The Balaban J connectivity index is 2.08. The number of methoxy groups -OCH3 is 1. The van der Waals surface area contributed by atoms with Crippen LogP contribution in [0.3, 0.4) is 0 Å². The summed E-state index contributed by atoms with van der Waals surface area (Å²) in [4.78, 5) is 24.0. The highest BCUT2D eigenvalue weighted by molar-refractivity contribution is 6.02. The van der Waals surface area contributed by atoms with Crippen molar-refractivity contribution in [3.8, 4) is 5.75 Å². The van der Waals surface area contributed by atoms with Gasteiger partial charge in [-0.15, -0.1) is 0 Å². The van der Waals surface area contributed by atoms with Gasteiger partial charge in [-0.05, 0) is 43.7 Å². The highest BCUT2D eigenvalue weighted by Gasteiger charge is 2.18. The summed E-state index contributed by atoms with van der Waals surface area (Å²) < 4.78 is 10.3. The Morgan fingerprint density at radius 2 is 1.83 bits per heavy atom. The molecular weight excluding hydrogens is 294 g/mol. The molecule has 5 nitrogen and oxygen atoms in total. The maximum absolute atomic E-state index is 12.3. The van der Waals surface area contributed by atoms with Crippen molar-refractivity contribution in [3.63, 3.8) is 0 Å².